The minimum Gasteiger partial charge on any atom is -0.493 e. The van der Waals surface area contributed by atoms with Crippen molar-refractivity contribution in [2.75, 3.05) is 20.3 Å². The molecule has 0 bridgehead atoms. The van der Waals surface area contributed by atoms with Crippen LogP contribution >= 0.6 is 0 Å². The first-order chi connectivity index (χ1) is 9.72. The maximum absolute atomic E-state index is 11.1. The molecule has 0 radical (unpaired) electrons. The molecule has 1 aromatic rings. The number of methoxy groups -OCH3 is 1. The first-order valence-corrected chi connectivity index (χ1v) is 7.07. The van der Waals surface area contributed by atoms with Crippen molar-refractivity contribution >= 4 is 6.03 Å². The molecule has 0 spiro atoms. The Balaban J connectivity index is 2.02. The van der Waals surface area contributed by atoms with Crippen molar-refractivity contribution in [1.82, 2.24) is 10.6 Å². The van der Waals surface area contributed by atoms with Gasteiger partial charge in [-0.15, -0.1) is 0 Å². The van der Waals surface area contributed by atoms with Crippen LogP contribution < -0.4 is 20.1 Å². The van der Waals surface area contributed by atoms with E-state index >= 15 is 0 Å². The summed E-state index contributed by atoms with van der Waals surface area (Å²) in [6.07, 6.45) is 2.91. The van der Waals surface area contributed by atoms with Gasteiger partial charge < -0.3 is 20.1 Å². The smallest absolute Gasteiger partial charge is 0.315 e. The summed E-state index contributed by atoms with van der Waals surface area (Å²) in [6, 6.07) is 5.97. The minimum absolute atomic E-state index is 0.0945. The van der Waals surface area contributed by atoms with E-state index in [-0.39, 0.29) is 12.1 Å². The van der Waals surface area contributed by atoms with E-state index < -0.39 is 0 Å². The fourth-order valence-corrected chi connectivity index (χ4v) is 2.20. The van der Waals surface area contributed by atoms with Gasteiger partial charge >= 0.3 is 6.03 Å². The van der Waals surface area contributed by atoms with Gasteiger partial charge in [0.1, 0.15) is 0 Å². The molecule has 1 heterocycles. The maximum Gasteiger partial charge on any atom is 0.315 e. The summed E-state index contributed by atoms with van der Waals surface area (Å²) in [7, 11) is 1.64. The Labute approximate surface area is 119 Å². The summed E-state index contributed by atoms with van der Waals surface area (Å²) in [5.41, 5.74) is 1.13. The van der Waals surface area contributed by atoms with Crippen LogP contribution in [0, 0.1) is 0 Å². The lowest BCUT2D eigenvalue weighted by Gasteiger charge is -2.14. The highest BCUT2D eigenvalue weighted by molar-refractivity contribution is 5.76. The van der Waals surface area contributed by atoms with Crippen LogP contribution in [0.2, 0.25) is 0 Å². The molecule has 2 rings (SSSR count). The molecule has 1 aliphatic rings. The highest BCUT2D eigenvalue weighted by Crippen LogP contribution is 2.28. The van der Waals surface area contributed by atoms with Gasteiger partial charge in [0.15, 0.2) is 11.5 Å². The zero-order valence-corrected chi connectivity index (χ0v) is 12.1. The lowest BCUT2D eigenvalue weighted by molar-refractivity contribution is 0.247. The molecule has 2 N–H and O–H groups in total. The summed E-state index contributed by atoms with van der Waals surface area (Å²) in [6.45, 7) is 3.49. The van der Waals surface area contributed by atoms with Crippen LogP contribution in [0.15, 0.2) is 18.2 Å². The number of benzene rings is 1. The van der Waals surface area contributed by atoms with Crippen LogP contribution in [0.1, 0.15) is 25.3 Å². The zero-order chi connectivity index (χ0) is 14.4. The highest BCUT2D eigenvalue weighted by Gasteiger charge is 2.20. The summed E-state index contributed by atoms with van der Waals surface area (Å²) in [4.78, 5) is 11.1. The van der Waals surface area contributed by atoms with Crippen molar-refractivity contribution in [2.24, 2.45) is 0 Å². The Bertz CT molecular complexity index is 462. The van der Waals surface area contributed by atoms with Gasteiger partial charge in [-0.25, -0.2) is 4.79 Å². The average Bonchev–Trinajstić information content (AvgIpc) is 2.85. The first kappa shape index (κ1) is 14.5. The second-order valence-corrected chi connectivity index (χ2v) is 4.94. The highest BCUT2D eigenvalue weighted by atomic mass is 16.5. The van der Waals surface area contributed by atoms with Gasteiger partial charge in [0.2, 0.25) is 0 Å². The molecule has 1 aromatic carbocycles. The molecule has 0 aromatic heterocycles. The van der Waals surface area contributed by atoms with Crippen LogP contribution in [0.3, 0.4) is 0 Å². The predicted octanol–water partition coefficient (Wildman–Crippen LogP) is 2.10. The molecule has 1 fully saturated rings. The van der Waals surface area contributed by atoms with E-state index in [1.54, 1.807) is 7.11 Å². The zero-order valence-electron chi connectivity index (χ0n) is 12.1. The van der Waals surface area contributed by atoms with Gasteiger partial charge in [-0.2, -0.15) is 0 Å². The summed E-state index contributed by atoms with van der Waals surface area (Å²) in [5.74, 6) is 1.52. The predicted molar refractivity (Wildman–Crippen MR) is 77.4 cm³/mol. The maximum atomic E-state index is 11.1. The van der Waals surface area contributed by atoms with Crippen molar-refractivity contribution in [2.45, 2.75) is 32.2 Å². The SMILES string of the molecule is CCCCOc1cc(CC2CNC(=O)N2)ccc1O[11CH3]. The number of ether oxygens (including phenoxy) is 2. The summed E-state index contributed by atoms with van der Waals surface area (Å²) < 4.78 is 11.1. The van der Waals surface area contributed by atoms with Gasteiger partial charge in [0.05, 0.1) is 19.8 Å². The molecular formula is C15H22N2O3. The molecule has 5 nitrogen and oxygen atoms in total. The monoisotopic (exact) mass is 277 g/mol. The third-order valence-corrected chi connectivity index (χ3v) is 3.31. The van der Waals surface area contributed by atoms with E-state index in [9.17, 15) is 4.79 Å². The molecule has 0 saturated carbocycles. The van der Waals surface area contributed by atoms with E-state index in [1.165, 1.54) is 0 Å². The lowest BCUT2D eigenvalue weighted by Crippen LogP contribution is -2.28. The van der Waals surface area contributed by atoms with E-state index in [4.69, 9.17) is 9.47 Å². The number of hydrogen-bond acceptors (Lipinski definition) is 3. The largest absolute Gasteiger partial charge is 0.493 e. The van der Waals surface area contributed by atoms with E-state index in [0.717, 1.165) is 36.3 Å². The number of rotatable bonds is 7. The molecule has 5 heteroatoms. The molecule has 110 valence electrons. The summed E-state index contributed by atoms with van der Waals surface area (Å²) in [5, 5.41) is 5.64. The van der Waals surface area contributed by atoms with Crippen molar-refractivity contribution in [3.63, 3.8) is 0 Å². The van der Waals surface area contributed by atoms with E-state index in [1.807, 2.05) is 18.2 Å². The topological polar surface area (TPSA) is 59.6 Å². The van der Waals surface area contributed by atoms with Gasteiger partial charge in [-0.05, 0) is 30.5 Å². The third-order valence-electron chi connectivity index (χ3n) is 3.31. The fourth-order valence-electron chi connectivity index (χ4n) is 2.20. The Kier molecular flexibility index (Phi) is 5.09. The van der Waals surface area contributed by atoms with Gasteiger partial charge in [0.25, 0.3) is 0 Å². The quantitative estimate of drug-likeness (QED) is 0.750. The number of amides is 2. The summed E-state index contributed by atoms with van der Waals surface area (Å²) >= 11 is 0. The molecule has 20 heavy (non-hydrogen) atoms. The first-order valence-electron chi connectivity index (χ1n) is 7.07. The van der Waals surface area contributed by atoms with Crippen LogP contribution in [-0.4, -0.2) is 32.3 Å². The Hall–Kier alpha value is -1.91. The van der Waals surface area contributed by atoms with Gasteiger partial charge in [-0.3, -0.25) is 0 Å². The Morgan fingerprint density at radius 1 is 1.35 bits per heavy atom. The minimum atomic E-state index is -0.0945. The molecule has 0 aliphatic carbocycles. The van der Waals surface area contributed by atoms with Crippen LogP contribution in [0.25, 0.3) is 0 Å². The number of carbonyl (C=O) groups excluding carboxylic acids is 1. The van der Waals surface area contributed by atoms with Crippen molar-refractivity contribution in [3.05, 3.63) is 23.8 Å². The molecular weight excluding hydrogens is 255 g/mol. The van der Waals surface area contributed by atoms with Gasteiger partial charge in [-0.1, -0.05) is 19.4 Å². The van der Waals surface area contributed by atoms with Crippen LogP contribution in [0.5, 0.6) is 11.5 Å². The number of urea groups is 1. The molecule has 1 atom stereocenters. The number of hydrogen-bond donors (Lipinski definition) is 2. The fraction of sp³-hybridized carbons (Fsp3) is 0.533. The Morgan fingerprint density at radius 2 is 2.20 bits per heavy atom. The molecule has 1 aliphatic heterocycles. The number of carbonyl (C=O) groups is 1. The van der Waals surface area contributed by atoms with E-state index in [2.05, 4.69) is 17.6 Å². The molecule has 1 saturated heterocycles. The van der Waals surface area contributed by atoms with Crippen molar-refractivity contribution in [1.29, 1.82) is 0 Å². The lowest BCUT2D eigenvalue weighted by atomic mass is 10.1. The van der Waals surface area contributed by atoms with E-state index in [0.29, 0.717) is 13.2 Å². The number of unbranched alkanes of at least 4 members (excludes halogenated alkanes) is 1. The van der Waals surface area contributed by atoms with Crippen molar-refractivity contribution in [3.8, 4) is 11.5 Å². The number of nitrogens with one attached hydrogen (secondary N) is 2. The second kappa shape index (κ2) is 7.03. The van der Waals surface area contributed by atoms with Crippen LogP contribution in [0.4, 0.5) is 4.79 Å². The Morgan fingerprint density at radius 3 is 2.85 bits per heavy atom. The molecule has 1 unspecified atom stereocenters. The second-order valence-electron chi connectivity index (χ2n) is 4.94. The third kappa shape index (κ3) is 3.79. The standard InChI is InChI=1S/C15H22N2O3/c1-3-4-7-20-14-9-11(5-6-13(14)19-2)8-12-10-16-15(18)17-12/h5-6,9,12H,3-4,7-8,10H2,1-2H3,(H2,16,17,18)/i2-1. The normalized spacial score (nSPS) is 17.5. The van der Waals surface area contributed by atoms with Crippen molar-refractivity contribution < 1.29 is 14.3 Å². The molecule has 2 amide bonds. The van der Waals surface area contributed by atoms with Crippen LogP contribution in [-0.2, 0) is 6.42 Å². The average molecular weight is 277 g/mol. The van der Waals surface area contributed by atoms with Gasteiger partial charge in [0, 0.05) is 6.54 Å².